The first-order valence-corrected chi connectivity index (χ1v) is 3.26. The second-order valence-corrected chi connectivity index (χ2v) is 2.29. The highest BCUT2D eigenvalue weighted by Gasteiger charge is 2.00. The summed E-state index contributed by atoms with van der Waals surface area (Å²) in [5.41, 5.74) is 12.8. The van der Waals surface area contributed by atoms with Gasteiger partial charge in [-0.1, -0.05) is 6.08 Å². The van der Waals surface area contributed by atoms with E-state index in [2.05, 4.69) is 0 Å². The fourth-order valence-corrected chi connectivity index (χ4v) is 0.775. The summed E-state index contributed by atoms with van der Waals surface area (Å²) in [6.07, 6.45) is 5.65. The van der Waals surface area contributed by atoms with Gasteiger partial charge in [-0.2, -0.15) is 5.26 Å². The Balaban J connectivity index is 2.95. The van der Waals surface area contributed by atoms with Crippen molar-refractivity contribution >= 4 is 0 Å². The fourth-order valence-electron chi connectivity index (χ4n) is 0.775. The van der Waals surface area contributed by atoms with Crippen LogP contribution in [0.3, 0.4) is 0 Å². The normalized spacial score (nSPS) is 17.2. The molecule has 0 aromatic carbocycles. The third-order valence-electron chi connectivity index (χ3n) is 1.48. The van der Waals surface area contributed by atoms with E-state index in [9.17, 15) is 0 Å². The van der Waals surface area contributed by atoms with Crippen LogP contribution >= 0.6 is 0 Å². The quantitative estimate of drug-likeness (QED) is 0.524. The number of nitrogens with two attached hydrogens (primary N) is 2. The molecule has 4 N–H and O–H groups in total. The van der Waals surface area contributed by atoms with Crippen molar-refractivity contribution in [3.8, 4) is 6.07 Å². The van der Waals surface area contributed by atoms with Crippen molar-refractivity contribution in [2.24, 2.45) is 11.5 Å². The van der Waals surface area contributed by atoms with Gasteiger partial charge in [0.15, 0.2) is 0 Å². The van der Waals surface area contributed by atoms with Crippen LogP contribution in [0, 0.1) is 11.3 Å². The first-order chi connectivity index (χ1) is 5.24. The molecule has 0 aromatic heterocycles. The van der Waals surface area contributed by atoms with E-state index in [0.717, 1.165) is 0 Å². The van der Waals surface area contributed by atoms with Crippen LogP contribution in [-0.4, -0.2) is 0 Å². The fraction of sp³-hybridized carbons (Fsp3) is 0.125. The zero-order chi connectivity index (χ0) is 8.27. The van der Waals surface area contributed by atoms with Gasteiger partial charge in [0.1, 0.15) is 0 Å². The molecule has 3 nitrogen and oxygen atoms in total. The number of allylic oxidation sites excluding steroid dienone is 4. The third-order valence-corrected chi connectivity index (χ3v) is 1.48. The molecule has 11 heavy (non-hydrogen) atoms. The second kappa shape index (κ2) is 2.93. The SMILES string of the molecule is N#CC1=CC=C(N)C(N)=CC1. The summed E-state index contributed by atoms with van der Waals surface area (Å²) in [6, 6.07) is 2.05. The van der Waals surface area contributed by atoms with Crippen molar-refractivity contribution in [3.63, 3.8) is 0 Å². The van der Waals surface area contributed by atoms with Crippen LogP contribution in [0.1, 0.15) is 6.42 Å². The maximum absolute atomic E-state index is 8.53. The molecule has 0 heterocycles. The molecular weight excluding hydrogens is 138 g/mol. The highest BCUT2D eigenvalue weighted by molar-refractivity contribution is 5.38. The van der Waals surface area contributed by atoms with E-state index >= 15 is 0 Å². The van der Waals surface area contributed by atoms with Gasteiger partial charge >= 0.3 is 0 Å². The average molecular weight is 147 g/mol. The summed E-state index contributed by atoms with van der Waals surface area (Å²) in [4.78, 5) is 0. The number of hydrogen-bond acceptors (Lipinski definition) is 3. The van der Waals surface area contributed by atoms with Crippen molar-refractivity contribution in [2.75, 3.05) is 0 Å². The molecule has 0 amide bonds. The van der Waals surface area contributed by atoms with Crippen molar-refractivity contribution in [1.82, 2.24) is 0 Å². The molecule has 0 fully saturated rings. The van der Waals surface area contributed by atoms with Gasteiger partial charge in [-0.3, -0.25) is 0 Å². The molecule has 0 radical (unpaired) electrons. The van der Waals surface area contributed by atoms with Gasteiger partial charge in [-0.25, -0.2) is 0 Å². The Morgan fingerprint density at radius 1 is 1.27 bits per heavy atom. The third kappa shape index (κ3) is 1.62. The van der Waals surface area contributed by atoms with Crippen LogP contribution in [0.15, 0.2) is 35.2 Å². The smallest absolute Gasteiger partial charge is 0.0950 e. The van der Waals surface area contributed by atoms with Crippen LogP contribution < -0.4 is 11.5 Å². The van der Waals surface area contributed by atoms with Gasteiger partial charge in [0.2, 0.25) is 0 Å². The lowest BCUT2D eigenvalue weighted by Crippen LogP contribution is -2.07. The average Bonchev–Trinajstić information content (AvgIpc) is 2.16. The standard InChI is InChI=1S/C8H9N3/c9-5-6-1-3-7(10)8(11)4-2-6/h1,3-4H,2,10-11H2. The lowest BCUT2D eigenvalue weighted by Gasteiger charge is -1.95. The molecule has 1 aliphatic rings. The van der Waals surface area contributed by atoms with Crippen LogP contribution in [-0.2, 0) is 0 Å². The van der Waals surface area contributed by atoms with E-state index in [1.54, 1.807) is 18.2 Å². The van der Waals surface area contributed by atoms with Gasteiger partial charge in [0.25, 0.3) is 0 Å². The number of hydrogen-bond donors (Lipinski definition) is 2. The topological polar surface area (TPSA) is 75.8 Å². The molecule has 0 bridgehead atoms. The number of nitriles is 1. The van der Waals surface area contributed by atoms with Crippen molar-refractivity contribution in [1.29, 1.82) is 5.26 Å². The predicted molar refractivity (Wildman–Crippen MR) is 42.9 cm³/mol. The Bertz CT molecular complexity index is 289. The Morgan fingerprint density at radius 3 is 2.64 bits per heavy atom. The summed E-state index contributed by atoms with van der Waals surface area (Å²) >= 11 is 0. The monoisotopic (exact) mass is 147 g/mol. The molecule has 3 heteroatoms. The van der Waals surface area contributed by atoms with Crippen LogP contribution in [0.25, 0.3) is 0 Å². The predicted octanol–water partition coefficient (Wildman–Crippen LogP) is 0.525. The van der Waals surface area contributed by atoms with Crippen LogP contribution in [0.2, 0.25) is 0 Å². The summed E-state index contributed by atoms with van der Waals surface area (Å²) < 4.78 is 0. The minimum Gasteiger partial charge on any atom is -0.397 e. The summed E-state index contributed by atoms with van der Waals surface area (Å²) in [6.45, 7) is 0. The molecule has 0 atom stereocenters. The molecule has 0 spiro atoms. The Morgan fingerprint density at radius 2 is 2.00 bits per heavy atom. The van der Waals surface area contributed by atoms with Gasteiger partial charge in [0.05, 0.1) is 17.5 Å². The molecule has 1 rings (SSSR count). The lowest BCUT2D eigenvalue weighted by atomic mass is 10.2. The second-order valence-electron chi connectivity index (χ2n) is 2.29. The minimum atomic E-state index is 0.523. The first kappa shape index (κ1) is 7.42. The molecule has 56 valence electrons. The molecular formula is C8H9N3. The maximum atomic E-state index is 8.53. The van der Waals surface area contributed by atoms with E-state index < -0.39 is 0 Å². The van der Waals surface area contributed by atoms with E-state index in [1.807, 2.05) is 6.07 Å². The van der Waals surface area contributed by atoms with Crippen LogP contribution in [0.5, 0.6) is 0 Å². The zero-order valence-electron chi connectivity index (χ0n) is 6.04. The largest absolute Gasteiger partial charge is 0.397 e. The molecule has 1 aliphatic carbocycles. The summed E-state index contributed by atoms with van der Waals surface area (Å²) in [5, 5.41) is 8.53. The van der Waals surface area contributed by atoms with E-state index in [0.29, 0.717) is 23.4 Å². The first-order valence-electron chi connectivity index (χ1n) is 3.26. The van der Waals surface area contributed by atoms with Crippen molar-refractivity contribution in [2.45, 2.75) is 6.42 Å². The van der Waals surface area contributed by atoms with E-state index in [-0.39, 0.29) is 0 Å². The molecule has 0 saturated carbocycles. The number of rotatable bonds is 0. The molecule has 0 saturated heterocycles. The molecule has 0 unspecified atom stereocenters. The Kier molecular flexibility index (Phi) is 1.98. The minimum absolute atomic E-state index is 0.523. The van der Waals surface area contributed by atoms with Gasteiger partial charge in [-0.05, 0) is 12.2 Å². The highest BCUT2D eigenvalue weighted by Crippen LogP contribution is 2.10. The van der Waals surface area contributed by atoms with Crippen molar-refractivity contribution in [3.05, 3.63) is 35.2 Å². The summed E-state index contributed by atoms with van der Waals surface area (Å²) in [7, 11) is 0. The maximum Gasteiger partial charge on any atom is 0.0950 e. The van der Waals surface area contributed by atoms with Gasteiger partial charge < -0.3 is 11.5 Å². The van der Waals surface area contributed by atoms with Crippen molar-refractivity contribution < 1.29 is 0 Å². The Labute approximate surface area is 65.3 Å². The van der Waals surface area contributed by atoms with Gasteiger partial charge in [-0.15, -0.1) is 0 Å². The highest BCUT2D eigenvalue weighted by atomic mass is 14.7. The Hall–Kier alpha value is -1.69. The van der Waals surface area contributed by atoms with Crippen LogP contribution in [0.4, 0.5) is 0 Å². The molecule has 0 aromatic rings. The summed E-state index contributed by atoms with van der Waals surface area (Å²) in [5.74, 6) is 0. The lowest BCUT2D eigenvalue weighted by molar-refractivity contribution is 1.20. The van der Waals surface area contributed by atoms with E-state index in [4.69, 9.17) is 16.7 Å². The number of nitrogens with zero attached hydrogens (tertiary/aromatic N) is 1. The molecule has 0 aliphatic heterocycles. The zero-order valence-corrected chi connectivity index (χ0v) is 6.04. The van der Waals surface area contributed by atoms with Gasteiger partial charge in [0, 0.05) is 12.0 Å². The van der Waals surface area contributed by atoms with E-state index in [1.165, 1.54) is 0 Å².